The zero-order valence-electron chi connectivity index (χ0n) is 12.6. The van der Waals surface area contributed by atoms with Crippen molar-refractivity contribution in [3.05, 3.63) is 52.0 Å². The van der Waals surface area contributed by atoms with Crippen molar-refractivity contribution < 1.29 is 19.4 Å². The van der Waals surface area contributed by atoms with E-state index in [0.29, 0.717) is 27.1 Å². The Morgan fingerprint density at radius 1 is 1.25 bits per heavy atom. The maximum Gasteiger partial charge on any atom is 0.277 e. The lowest BCUT2D eigenvalue weighted by molar-refractivity contribution is -0.123. The molecular formula is C16H14Cl2N2O4. The Morgan fingerprint density at radius 2 is 2.04 bits per heavy atom. The second-order valence-corrected chi connectivity index (χ2v) is 5.43. The van der Waals surface area contributed by atoms with E-state index in [0.717, 1.165) is 0 Å². The molecule has 0 bridgehead atoms. The third-order valence-electron chi connectivity index (χ3n) is 2.86. The lowest BCUT2D eigenvalue weighted by atomic mass is 10.2. The van der Waals surface area contributed by atoms with Crippen molar-refractivity contribution in [3.8, 4) is 17.2 Å². The van der Waals surface area contributed by atoms with Gasteiger partial charge in [0.15, 0.2) is 18.1 Å². The van der Waals surface area contributed by atoms with Crippen LogP contribution in [0.3, 0.4) is 0 Å². The number of rotatable bonds is 6. The van der Waals surface area contributed by atoms with Crippen molar-refractivity contribution in [2.75, 3.05) is 13.7 Å². The Hall–Kier alpha value is -2.44. The van der Waals surface area contributed by atoms with Gasteiger partial charge in [-0.15, -0.1) is 0 Å². The molecule has 8 heteroatoms. The van der Waals surface area contributed by atoms with Crippen LogP contribution < -0.4 is 14.9 Å². The van der Waals surface area contributed by atoms with Crippen molar-refractivity contribution in [2.24, 2.45) is 5.10 Å². The van der Waals surface area contributed by atoms with Gasteiger partial charge in [-0.2, -0.15) is 5.10 Å². The third-order valence-corrected chi connectivity index (χ3v) is 3.39. The lowest BCUT2D eigenvalue weighted by Crippen LogP contribution is -2.24. The summed E-state index contributed by atoms with van der Waals surface area (Å²) in [5, 5.41) is 14.1. The fraction of sp³-hybridized carbons (Fsp3) is 0.125. The van der Waals surface area contributed by atoms with Gasteiger partial charge in [-0.1, -0.05) is 23.2 Å². The van der Waals surface area contributed by atoms with Gasteiger partial charge in [0.05, 0.1) is 18.3 Å². The minimum atomic E-state index is -0.456. The molecule has 0 fully saturated rings. The largest absolute Gasteiger partial charge is 0.504 e. The van der Waals surface area contributed by atoms with Crippen LogP contribution in [0.15, 0.2) is 41.5 Å². The molecule has 126 valence electrons. The molecule has 2 aromatic carbocycles. The molecule has 0 spiro atoms. The molecule has 24 heavy (non-hydrogen) atoms. The number of halogens is 2. The SMILES string of the molecule is COc1cc(C=NNC(=O)COc2ccc(Cl)cc2Cl)ccc1O. The van der Waals surface area contributed by atoms with E-state index in [2.05, 4.69) is 10.5 Å². The average Bonchev–Trinajstić information content (AvgIpc) is 2.55. The summed E-state index contributed by atoms with van der Waals surface area (Å²) in [5.74, 6) is 0.226. The second kappa shape index (κ2) is 8.42. The number of carbonyl (C=O) groups is 1. The molecule has 0 unspecified atom stereocenters. The van der Waals surface area contributed by atoms with Gasteiger partial charge in [-0.3, -0.25) is 4.79 Å². The number of methoxy groups -OCH3 is 1. The van der Waals surface area contributed by atoms with E-state index in [4.69, 9.17) is 32.7 Å². The minimum absolute atomic E-state index is 0.0203. The lowest BCUT2D eigenvalue weighted by Gasteiger charge is -2.07. The predicted octanol–water partition coefficient (Wildman–Crippen LogP) is 3.24. The van der Waals surface area contributed by atoms with E-state index < -0.39 is 5.91 Å². The Morgan fingerprint density at radius 3 is 2.75 bits per heavy atom. The molecular weight excluding hydrogens is 355 g/mol. The van der Waals surface area contributed by atoms with E-state index in [1.165, 1.54) is 25.5 Å². The number of carbonyl (C=O) groups excluding carboxylic acids is 1. The number of hydrazone groups is 1. The summed E-state index contributed by atoms with van der Waals surface area (Å²) in [7, 11) is 1.44. The van der Waals surface area contributed by atoms with Gasteiger partial charge in [0.25, 0.3) is 5.91 Å². The number of benzene rings is 2. The zero-order chi connectivity index (χ0) is 17.5. The third kappa shape index (κ3) is 5.04. The first-order valence-corrected chi connectivity index (χ1v) is 7.52. The summed E-state index contributed by atoms with van der Waals surface area (Å²) in [6.45, 7) is -0.252. The summed E-state index contributed by atoms with van der Waals surface area (Å²) in [6.07, 6.45) is 1.41. The first kappa shape index (κ1) is 17.9. The average molecular weight is 369 g/mol. The van der Waals surface area contributed by atoms with Crippen LogP contribution in [0.5, 0.6) is 17.2 Å². The Kier molecular flexibility index (Phi) is 6.28. The van der Waals surface area contributed by atoms with Gasteiger partial charge in [-0.05, 0) is 42.0 Å². The standard InChI is InChI=1S/C16H14Cl2N2O4/c1-23-15-6-10(2-4-13(15)21)8-19-20-16(22)9-24-14-5-3-11(17)7-12(14)18/h2-8,21H,9H2,1H3,(H,20,22). The Bertz CT molecular complexity index is 766. The van der Waals surface area contributed by atoms with E-state index in [-0.39, 0.29) is 12.4 Å². The molecule has 6 nitrogen and oxygen atoms in total. The fourth-order valence-electron chi connectivity index (χ4n) is 1.72. The number of hydrogen-bond donors (Lipinski definition) is 2. The zero-order valence-corrected chi connectivity index (χ0v) is 14.1. The van der Waals surface area contributed by atoms with E-state index in [1.807, 2.05) is 0 Å². The molecule has 0 saturated carbocycles. The molecule has 1 amide bonds. The number of hydrogen-bond acceptors (Lipinski definition) is 5. The number of ether oxygens (including phenoxy) is 2. The summed E-state index contributed by atoms with van der Waals surface area (Å²) in [5.41, 5.74) is 2.96. The van der Waals surface area contributed by atoms with Crippen LogP contribution in [0, 0.1) is 0 Å². The van der Waals surface area contributed by atoms with Crippen molar-refractivity contribution in [3.63, 3.8) is 0 Å². The highest BCUT2D eigenvalue weighted by molar-refractivity contribution is 6.35. The van der Waals surface area contributed by atoms with Crippen molar-refractivity contribution in [1.29, 1.82) is 0 Å². The number of nitrogens with zero attached hydrogens (tertiary/aromatic N) is 1. The second-order valence-electron chi connectivity index (χ2n) is 4.59. The van der Waals surface area contributed by atoms with Crippen LogP contribution in [0.4, 0.5) is 0 Å². The molecule has 0 aliphatic heterocycles. The van der Waals surface area contributed by atoms with Crippen molar-refractivity contribution in [2.45, 2.75) is 0 Å². The van der Waals surface area contributed by atoms with E-state index in [9.17, 15) is 9.90 Å². The molecule has 0 aromatic heterocycles. The maximum atomic E-state index is 11.7. The first-order valence-electron chi connectivity index (χ1n) is 6.76. The highest BCUT2D eigenvalue weighted by atomic mass is 35.5. The van der Waals surface area contributed by atoms with Gasteiger partial charge in [0.2, 0.25) is 0 Å². The highest BCUT2D eigenvalue weighted by Gasteiger charge is 2.06. The Labute approximate surface area is 148 Å². The summed E-state index contributed by atoms with van der Waals surface area (Å²) in [6, 6.07) is 9.37. The predicted molar refractivity (Wildman–Crippen MR) is 92.4 cm³/mol. The van der Waals surface area contributed by atoms with Crippen LogP contribution in [-0.4, -0.2) is 30.9 Å². The van der Waals surface area contributed by atoms with Gasteiger partial charge < -0.3 is 14.6 Å². The molecule has 0 radical (unpaired) electrons. The first-order chi connectivity index (χ1) is 11.5. The van der Waals surface area contributed by atoms with E-state index >= 15 is 0 Å². The smallest absolute Gasteiger partial charge is 0.277 e. The molecule has 0 aliphatic rings. The maximum absolute atomic E-state index is 11.7. The molecule has 0 saturated heterocycles. The molecule has 2 rings (SSSR count). The molecule has 2 N–H and O–H groups in total. The number of phenols is 1. The van der Waals surface area contributed by atoms with Gasteiger partial charge in [0.1, 0.15) is 5.75 Å². The molecule has 0 heterocycles. The molecule has 2 aromatic rings. The number of aromatic hydroxyl groups is 1. The highest BCUT2D eigenvalue weighted by Crippen LogP contribution is 2.27. The molecule has 0 aliphatic carbocycles. The number of nitrogens with one attached hydrogen (secondary N) is 1. The van der Waals surface area contributed by atoms with Crippen molar-refractivity contribution >= 4 is 35.3 Å². The van der Waals surface area contributed by atoms with Crippen LogP contribution in [-0.2, 0) is 4.79 Å². The fourth-order valence-corrected chi connectivity index (χ4v) is 2.18. The summed E-state index contributed by atoms with van der Waals surface area (Å²) in [4.78, 5) is 11.7. The number of amides is 1. The van der Waals surface area contributed by atoms with Crippen LogP contribution in [0.1, 0.15) is 5.56 Å². The van der Waals surface area contributed by atoms with Gasteiger partial charge in [-0.25, -0.2) is 5.43 Å². The van der Waals surface area contributed by atoms with Crippen LogP contribution in [0.2, 0.25) is 10.0 Å². The molecule has 0 atom stereocenters. The summed E-state index contributed by atoms with van der Waals surface area (Å²) >= 11 is 11.7. The Balaban J connectivity index is 1.86. The van der Waals surface area contributed by atoms with Crippen molar-refractivity contribution in [1.82, 2.24) is 5.43 Å². The van der Waals surface area contributed by atoms with Crippen LogP contribution >= 0.6 is 23.2 Å². The summed E-state index contributed by atoms with van der Waals surface area (Å²) < 4.78 is 10.3. The van der Waals surface area contributed by atoms with Gasteiger partial charge in [0, 0.05) is 5.02 Å². The minimum Gasteiger partial charge on any atom is -0.504 e. The quantitative estimate of drug-likeness (QED) is 0.605. The number of phenolic OH excluding ortho intramolecular Hbond substituents is 1. The van der Waals surface area contributed by atoms with Crippen LogP contribution in [0.25, 0.3) is 0 Å². The van der Waals surface area contributed by atoms with Gasteiger partial charge >= 0.3 is 0 Å². The normalized spacial score (nSPS) is 10.6. The topological polar surface area (TPSA) is 80.2 Å². The van der Waals surface area contributed by atoms with E-state index in [1.54, 1.807) is 24.3 Å². The monoisotopic (exact) mass is 368 g/mol.